The van der Waals surface area contributed by atoms with Gasteiger partial charge in [0.1, 0.15) is 5.82 Å². The third-order valence-electron chi connectivity index (χ3n) is 5.65. The number of amides is 2. The number of benzene rings is 2. The smallest absolute Gasteiger partial charge is 0.321 e. The van der Waals surface area contributed by atoms with Gasteiger partial charge in [0, 0.05) is 24.7 Å². The van der Waals surface area contributed by atoms with E-state index in [1.54, 1.807) is 0 Å². The Morgan fingerprint density at radius 2 is 1.86 bits per heavy atom. The predicted octanol–water partition coefficient (Wildman–Crippen LogP) is 5.41. The van der Waals surface area contributed by atoms with Gasteiger partial charge in [0.05, 0.1) is 11.0 Å². The Balaban J connectivity index is 1.35. The molecule has 1 aliphatic rings. The number of nitrogens with zero attached hydrogens (tertiary/aromatic N) is 2. The minimum absolute atomic E-state index is 0.0176. The van der Waals surface area contributed by atoms with Gasteiger partial charge in [0.2, 0.25) is 0 Å². The second-order valence-corrected chi connectivity index (χ2v) is 8.11. The fraction of sp³-hybridized carbons (Fsp3) is 0.391. The van der Waals surface area contributed by atoms with Gasteiger partial charge in [-0.05, 0) is 61.1 Å². The molecule has 2 N–H and O–H groups in total. The van der Waals surface area contributed by atoms with Crippen LogP contribution < -0.4 is 5.32 Å². The van der Waals surface area contributed by atoms with E-state index in [0.717, 1.165) is 48.5 Å². The Morgan fingerprint density at radius 1 is 1.14 bits per heavy atom. The zero-order valence-corrected chi connectivity index (χ0v) is 16.8. The largest absolute Gasteiger partial charge is 0.342 e. The van der Waals surface area contributed by atoms with Crippen molar-refractivity contribution in [3.05, 3.63) is 59.4 Å². The van der Waals surface area contributed by atoms with Gasteiger partial charge >= 0.3 is 6.03 Å². The van der Waals surface area contributed by atoms with E-state index in [9.17, 15) is 4.79 Å². The molecule has 0 radical (unpaired) electrons. The summed E-state index contributed by atoms with van der Waals surface area (Å²) in [4.78, 5) is 22.7. The summed E-state index contributed by atoms with van der Waals surface area (Å²) in [5.41, 5.74) is 5.48. The highest BCUT2D eigenvalue weighted by molar-refractivity contribution is 5.89. The van der Waals surface area contributed by atoms with Crippen molar-refractivity contribution in [3.8, 4) is 0 Å². The summed E-state index contributed by atoms with van der Waals surface area (Å²) in [5, 5.41) is 3.02. The van der Waals surface area contributed by atoms with Crippen LogP contribution in [-0.2, 0) is 0 Å². The van der Waals surface area contributed by atoms with Crippen LogP contribution in [0.25, 0.3) is 11.0 Å². The summed E-state index contributed by atoms with van der Waals surface area (Å²) < 4.78 is 0. The van der Waals surface area contributed by atoms with Crippen molar-refractivity contribution in [3.63, 3.8) is 0 Å². The summed E-state index contributed by atoms with van der Waals surface area (Å²) >= 11 is 0. The first-order valence-corrected chi connectivity index (χ1v) is 10.1. The van der Waals surface area contributed by atoms with Crippen molar-refractivity contribution in [2.24, 2.45) is 0 Å². The molecule has 1 aliphatic heterocycles. The van der Waals surface area contributed by atoms with E-state index in [0.29, 0.717) is 11.8 Å². The number of imidazole rings is 1. The monoisotopic (exact) mass is 376 g/mol. The molecule has 0 spiro atoms. The van der Waals surface area contributed by atoms with Crippen molar-refractivity contribution < 1.29 is 4.79 Å². The first-order chi connectivity index (χ1) is 13.5. The number of rotatable bonds is 3. The van der Waals surface area contributed by atoms with Crippen LogP contribution in [0, 0.1) is 6.92 Å². The minimum Gasteiger partial charge on any atom is -0.342 e. The lowest BCUT2D eigenvalue weighted by Crippen LogP contribution is -2.40. The molecule has 1 fully saturated rings. The maximum absolute atomic E-state index is 12.6. The molecule has 1 saturated heterocycles. The van der Waals surface area contributed by atoms with Crippen LogP contribution in [0.2, 0.25) is 0 Å². The number of likely N-dealkylation sites (tertiary alicyclic amines) is 1. The second-order valence-electron chi connectivity index (χ2n) is 8.11. The second kappa shape index (κ2) is 7.66. The Morgan fingerprint density at radius 3 is 2.54 bits per heavy atom. The number of aromatic nitrogens is 2. The Kier molecular flexibility index (Phi) is 5.07. The number of aryl methyl sites for hydroxylation is 1. The molecule has 0 saturated carbocycles. The van der Waals surface area contributed by atoms with Gasteiger partial charge in [0.25, 0.3) is 0 Å². The quantitative estimate of drug-likeness (QED) is 0.642. The maximum Gasteiger partial charge on any atom is 0.321 e. The number of fused-ring (bicyclic) bond motifs is 1. The number of hydrogen-bond donors (Lipinski definition) is 2. The standard InChI is InChI=1S/C23H28N4O/c1-15(2)17-5-7-19(8-6-17)24-23(28)27-12-10-18(11-13-27)22-25-20-9-4-16(3)14-21(20)26-22/h4-9,14-15,18H,10-13H2,1-3H3,(H,24,28)(H,25,26). The molecule has 4 rings (SSSR count). The fourth-order valence-electron chi connectivity index (χ4n) is 3.85. The lowest BCUT2D eigenvalue weighted by Gasteiger charge is -2.31. The fourth-order valence-corrected chi connectivity index (χ4v) is 3.85. The molecule has 28 heavy (non-hydrogen) atoms. The van der Waals surface area contributed by atoms with E-state index in [1.807, 2.05) is 17.0 Å². The number of aromatic amines is 1. The highest BCUT2D eigenvalue weighted by Crippen LogP contribution is 2.28. The van der Waals surface area contributed by atoms with E-state index in [-0.39, 0.29) is 6.03 Å². The van der Waals surface area contributed by atoms with Gasteiger partial charge < -0.3 is 15.2 Å². The average molecular weight is 377 g/mol. The highest BCUT2D eigenvalue weighted by atomic mass is 16.2. The van der Waals surface area contributed by atoms with E-state index in [4.69, 9.17) is 4.98 Å². The Labute approximate surface area is 166 Å². The van der Waals surface area contributed by atoms with Crippen LogP contribution in [0.4, 0.5) is 10.5 Å². The molecule has 5 nitrogen and oxygen atoms in total. The van der Waals surface area contributed by atoms with Gasteiger partial charge in [-0.3, -0.25) is 0 Å². The first kappa shape index (κ1) is 18.5. The number of carbonyl (C=O) groups is 1. The van der Waals surface area contributed by atoms with Crippen molar-refractivity contribution in [2.75, 3.05) is 18.4 Å². The van der Waals surface area contributed by atoms with Crippen LogP contribution in [0.1, 0.15) is 55.5 Å². The van der Waals surface area contributed by atoms with Gasteiger partial charge in [-0.2, -0.15) is 0 Å². The molecular weight excluding hydrogens is 348 g/mol. The molecule has 5 heteroatoms. The lowest BCUT2D eigenvalue weighted by molar-refractivity contribution is 0.193. The van der Waals surface area contributed by atoms with Gasteiger partial charge in [-0.1, -0.05) is 32.0 Å². The van der Waals surface area contributed by atoms with Crippen LogP contribution in [-0.4, -0.2) is 34.0 Å². The maximum atomic E-state index is 12.6. The van der Waals surface area contributed by atoms with E-state index in [2.05, 4.69) is 61.4 Å². The highest BCUT2D eigenvalue weighted by Gasteiger charge is 2.25. The first-order valence-electron chi connectivity index (χ1n) is 10.1. The molecule has 0 unspecified atom stereocenters. The third-order valence-corrected chi connectivity index (χ3v) is 5.65. The number of nitrogens with one attached hydrogen (secondary N) is 2. The van der Waals surface area contributed by atoms with Crippen molar-refractivity contribution in [1.82, 2.24) is 14.9 Å². The molecule has 0 bridgehead atoms. The number of anilines is 1. The number of urea groups is 1. The van der Waals surface area contributed by atoms with Crippen LogP contribution in [0.5, 0.6) is 0 Å². The van der Waals surface area contributed by atoms with Crippen molar-refractivity contribution in [1.29, 1.82) is 0 Å². The molecule has 1 aromatic heterocycles. The van der Waals surface area contributed by atoms with E-state index in [1.165, 1.54) is 11.1 Å². The molecule has 2 aromatic carbocycles. The molecule has 2 amide bonds. The summed E-state index contributed by atoms with van der Waals surface area (Å²) in [6.07, 6.45) is 1.86. The lowest BCUT2D eigenvalue weighted by atomic mass is 9.96. The van der Waals surface area contributed by atoms with E-state index < -0.39 is 0 Å². The predicted molar refractivity (Wildman–Crippen MR) is 114 cm³/mol. The topological polar surface area (TPSA) is 61.0 Å². The summed E-state index contributed by atoms with van der Waals surface area (Å²) in [6.45, 7) is 7.92. The number of hydrogen-bond acceptors (Lipinski definition) is 2. The van der Waals surface area contributed by atoms with Crippen LogP contribution in [0.15, 0.2) is 42.5 Å². The Bertz CT molecular complexity index is 966. The SMILES string of the molecule is Cc1ccc2nc(C3CCN(C(=O)Nc4ccc(C(C)C)cc4)CC3)[nH]c2c1. The van der Waals surface area contributed by atoms with Crippen molar-refractivity contribution in [2.45, 2.75) is 45.4 Å². The summed E-state index contributed by atoms with van der Waals surface area (Å²) in [5.74, 6) is 1.91. The van der Waals surface area contributed by atoms with Crippen LogP contribution in [0.3, 0.4) is 0 Å². The van der Waals surface area contributed by atoms with Gasteiger partial charge in [0.15, 0.2) is 0 Å². The van der Waals surface area contributed by atoms with E-state index >= 15 is 0 Å². The Hall–Kier alpha value is -2.82. The molecule has 3 aromatic rings. The molecule has 2 heterocycles. The summed E-state index contributed by atoms with van der Waals surface area (Å²) in [7, 11) is 0. The zero-order valence-electron chi connectivity index (χ0n) is 16.8. The van der Waals surface area contributed by atoms with Gasteiger partial charge in [-0.25, -0.2) is 9.78 Å². The number of carbonyl (C=O) groups excluding carboxylic acids is 1. The molecule has 146 valence electrons. The van der Waals surface area contributed by atoms with Crippen molar-refractivity contribution >= 4 is 22.8 Å². The summed E-state index contributed by atoms with van der Waals surface area (Å²) in [6, 6.07) is 14.4. The average Bonchev–Trinajstić information content (AvgIpc) is 3.11. The van der Waals surface area contributed by atoms with Crippen LogP contribution >= 0.6 is 0 Å². The molecule has 0 atom stereocenters. The molecular formula is C23H28N4O. The third kappa shape index (κ3) is 3.88. The normalized spacial score (nSPS) is 15.4. The van der Waals surface area contributed by atoms with Gasteiger partial charge in [-0.15, -0.1) is 0 Å². The zero-order chi connectivity index (χ0) is 19.7. The molecule has 0 aliphatic carbocycles. The number of piperidine rings is 1. The number of H-pyrrole nitrogens is 1. The minimum atomic E-state index is -0.0176.